The number of aliphatic hydroxyl groups excluding tert-OH is 1. The Balaban J connectivity index is 1.14. The van der Waals surface area contributed by atoms with Crippen molar-refractivity contribution < 1.29 is 14.6 Å². The highest BCUT2D eigenvalue weighted by molar-refractivity contribution is 5.94. The van der Waals surface area contributed by atoms with Crippen molar-refractivity contribution in [3.05, 3.63) is 52.7 Å². The minimum atomic E-state index is -0.453. The van der Waals surface area contributed by atoms with E-state index in [-0.39, 0.29) is 24.0 Å². The molecule has 2 atom stereocenters. The number of carbonyl (C=O) groups excluding carboxylic acids is 1. The molecule has 5 rings (SSSR count). The van der Waals surface area contributed by atoms with Crippen molar-refractivity contribution in [2.24, 2.45) is 5.92 Å². The van der Waals surface area contributed by atoms with Gasteiger partial charge in [-0.15, -0.1) is 0 Å². The molecule has 0 unspecified atom stereocenters. The fourth-order valence-electron chi connectivity index (χ4n) is 4.27. The molecule has 1 saturated heterocycles. The van der Waals surface area contributed by atoms with Crippen LogP contribution in [0.15, 0.2) is 41.5 Å². The number of carbonyl (C=O) groups is 1. The highest BCUT2D eigenvalue weighted by atomic mass is 16.5. The second-order valence-corrected chi connectivity index (χ2v) is 8.30. The summed E-state index contributed by atoms with van der Waals surface area (Å²) in [6.45, 7) is 3.53. The Hall–Kier alpha value is -3.41. The van der Waals surface area contributed by atoms with Crippen LogP contribution in [0.1, 0.15) is 5.69 Å². The summed E-state index contributed by atoms with van der Waals surface area (Å²) < 4.78 is 6.96. The fourth-order valence-corrected chi connectivity index (χ4v) is 4.27. The van der Waals surface area contributed by atoms with Crippen molar-refractivity contribution in [1.29, 1.82) is 0 Å². The first-order valence-electron chi connectivity index (χ1n) is 10.9. The summed E-state index contributed by atoms with van der Waals surface area (Å²) in [6.07, 6.45) is 2.52. The largest absolute Gasteiger partial charge is 0.480 e. The number of amides is 1. The first kappa shape index (κ1) is 21.4. The van der Waals surface area contributed by atoms with E-state index in [1.807, 2.05) is 12.1 Å². The molecule has 3 aromatic rings. The third-order valence-corrected chi connectivity index (χ3v) is 5.97. The van der Waals surface area contributed by atoms with Gasteiger partial charge in [0.1, 0.15) is 5.52 Å². The molecule has 0 aliphatic carbocycles. The molecule has 172 valence electrons. The van der Waals surface area contributed by atoms with E-state index < -0.39 is 6.10 Å². The van der Waals surface area contributed by atoms with Crippen molar-refractivity contribution in [3.63, 3.8) is 0 Å². The number of aromatic nitrogens is 4. The van der Waals surface area contributed by atoms with Gasteiger partial charge in [-0.1, -0.05) is 0 Å². The molecule has 33 heavy (non-hydrogen) atoms. The molecule has 5 heterocycles. The van der Waals surface area contributed by atoms with E-state index in [9.17, 15) is 14.7 Å². The highest BCUT2D eigenvalue weighted by Gasteiger charge is 2.30. The number of aliphatic hydroxyl groups is 1. The van der Waals surface area contributed by atoms with Crippen LogP contribution in [0.2, 0.25) is 0 Å². The number of β-amino-alcohol motifs (C(OH)–C–C–N with tert-alkyl or cyclic N) is 1. The van der Waals surface area contributed by atoms with Crippen LogP contribution < -0.4 is 20.9 Å². The van der Waals surface area contributed by atoms with Gasteiger partial charge in [-0.3, -0.25) is 19.1 Å². The van der Waals surface area contributed by atoms with Gasteiger partial charge in [-0.2, -0.15) is 0 Å². The second kappa shape index (κ2) is 9.22. The predicted octanol–water partition coefficient (Wildman–Crippen LogP) is -0.400. The number of likely N-dealkylation sites (tertiary alicyclic amines) is 1. The lowest BCUT2D eigenvalue weighted by molar-refractivity contribution is -0.118. The standard InChI is InChI=1S/C22H25N7O4/c30-17-12-28(6-7-29-20(32)10-25-16-2-1-5-24-22(16)29)11-14(17)8-23-9-15-3-4-18-21(26-15)27-19(31)13-33-18/h1-5,10,14,17,23,30H,6-9,11-13H2,(H,26,27,31)/t14-,17+/m0/s1. The maximum Gasteiger partial charge on any atom is 0.270 e. The first-order valence-corrected chi connectivity index (χ1v) is 10.9. The van der Waals surface area contributed by atoms with E-state index in [1.54, 1.807) is 22.9 Å². The van der Waals surface area contributed by atoms with Gasteiger partial charge in [-0.05, 0) is 24.3 Å². The average Bonchev–Trinajstić information content (AvgIpc) is 3.17. The smallest absolute Gasteiger partial charge is 0.270 e. The number of hydrogen-bond donors (Lipinski definition) is 3. The lowest BCUT2D eigenvalue weighted by atomic mass is 10.1. The van der Waals surface area contributed by atoms with Crippen molar-refractivity contribution in [3.8, 4) is 5.75 Å². The van der Waals surface area contributed by atoms with Crippen LogP contribution in [0.3, 0.4) is 0 Å². The van der Waals surface area contributed by atoms with E-state index in [0.717, 1.165) is 12.2 Å². The fraction of sp³-hybridized carbons (Fsp3) is 0.409. The van der Waals surface area contributed by atoms with E-state index in [1.165, 1.54) is 6.20 Å². The van der Waals surface area contributed by atoms with Crippen molar-refractivity contribution >= 4 is 22.9 Å². The molecular weight excluding hydrogens is 426 g/mol. The summed E-state index contributed by atoms with van der Waals surface area (Å²) in [5, 5.41) is 16.6. The number of fused-ring (bicyclic) bond motifs is 2. The molecule has 0 aromatic carbocycles. The molecule has 3 aromatic heterocycles. The number of ether oxygens (including phenoxy) is 1. The van der Waals surface area contributed by atoms with E-state index >= 15 is 0 Å². The van der Waals surface area contributed by atoms with Gasteiger partial charge in [0.15, 0.2) is 23.8 Å². The number of hydrogen-bond acceptors (Lipinski definition) is 9. The molecule has 0 spiro atoms. The Bertz CT molecular complexity index is 1230. The maximum absolute atomic E-state index is 12.3. The Kier molecular flexibility index (Phi) is 5.99. The summed E-state index contributed by atoms with van der Waals surface area (Å²) in [7, 11) is 0. The molecule has 2 aliphatic heterocycles. The zero-order valence-electron chi connectivity index (χ0n) is 18.0. The Morgan fingerprint density at radius 3 is 3.00 bits per heavy atom. The van der Waals surface area contributed by atoms with Gasteiger partial charge >= 0.3 is 0 Å². The van der Waals surface area contributed by atoms with E-state index in [4.69, 9.17) is 4.74 Å². The minimum absolute atomic E-state index is 0.00484. The van der Waals surface area contributed by atoms with Gasteiger partial charge in [0.25, 0.3) is 11.5 Å². The Morgan fingerprint density at radius 2 is 2.09 bits per heavy atom. The summed E-state index contributed by atoms with van der Waals surface area (Å²) in [4.78, 5) is 38.8. The molecule has 11 nitrogen and oxygen atoms in total. The number of pyridine rings is 2. The maximum atomic E-state index is 12.3. The molecule has 0 radical (unpaired) electrons. The van der Waals surface area contributed by atoms with E-state index in [0.29, 0.717) is 55.5 Å². The molecule has 0 saturated carbocycles. The molecule has 3 N–H and O–H groups in total. The van der Waals surface area contributed by atoms with Gasteiger partial charge < -0.3 is 20.5 Å². The minimum Gasteiger partial charge on any atom is -0.480 e. The molecule has 0 bridgehead atoms. The predicted molar refractivity (Wildman–Crippen MR) is 120 cm³/mol. The van der Waals surface area contributed by atoms with Crippen LogP contribution in [0.25, 0.3) is 11.2 Å². The van der Waals surface area contributed by atoms with Gasteiger partial charge in [0, 0.05) is 51.4 Å². The summed E-state index contributed by atoms with van der Waals surface area (Å²) in [5.74, 6) is 0.851. The van der Waals surface area contributed by atoms with Crippen LogP contribution in [0, 0.1) is 5.92 Å². The Morgan fingerprint density at radius 1 is 1.18 bits per heavy atom. The Labute approximate surface area is 189 Å². The van der Waals surface area contributed by atoms with Gasteiger partial charge in [0.2, 0.25) is 0 Å². The van der Waals surface area contributed by atoms with Gasteiger partial charge in [0.05, 0.1) is 18.0 Å². The highest BCUT2D eigenvalue weighted by Crippen LogP contribution is 2.25. The van der Waals surface area contributed by atoms with Crippen LogP contribution in [0.4, 0.5) is 5.82 Å². The number of rotatable bonds is 7. The first-order chi connectivity index (χ1) is 16.1. The molecule has 1 amide bonds. The molecule has 11 heteroatoms. The van der Waals surface area contributed by atoms with Crippen LogP contribution in [-0.2, 0) is 17.9 Å². The second-order valence-electron chi connectivity index (χ2n) is 8.30. The molecule has 1 fully saturated rings. The number of nitrogens with one attached hydrogen (secondary N) is 2. The quantitative estimate of drug-likeness (QED) is 0.439. The lowest BCUT2D eigenvalue weighted by Gasteiger charge is -2.18. The van der Waals surface area contributed by atoms with Crippen molar-refractivity contribution in [1.82, 2.24) is 29.7 Å². The zero-order chi connectivity index (χ0) is 22.8. The summed E-state index contributed by atoms with van der Waals surface area (Å²) in [6, 6.07) is 7.27. The third-order valence-electron chi connectivity index (χ3n) is 5.97. The van der Waals surface area contributed by atoms with Crippen molar-refractivity contribution in [2.75, 3.05) is 38.1 Å². The topological polar surface area (TPSA) is 134 Å². The van der Waals surface area contributed by atoms with Crippen molar-refractivity contribution in [2.45, 2.75) is 19.2 Å². The number of anilines is 1. The lowest BCUT2D eigenvalue weighted by Crippen LogP contribution is -2.32. The van der Waals surface area contributed by atoms with E-state index in [2.05, 4.69) is 30.5 Å². The SMILES string of the molecule is O=C1COc2ccc(CNC[C@H]3CN(CCn4c(=O)cnc5cccnc54)C[C@H]3O)nc2N1. The molecule has 2 aliphatic rings. The summed E-state index contributed by atoms with van der Waals surface area (Å²) >= 11 is 0. The third kappa shape index (κ3) is 4.70. The average molecular weight is 451 g/mol. The van der Waals surface area contributed by atoms with Crippen LogP contribution in [-0.4, -0.2) is 74.3 Å². The normalized spacial score (nSPS) is 20.5. The van der Waals surface area contributed by atoms with Gasteiger partial charge in [-0.25, -0.2) is 15.0 Å². The summed E-state index contributed by atoms with van der Waals surface area (Å²) in [5.41, 5.74) is 1.85. The molecular formula is C22H25N7O4. The monoisotopic (exact) mass is 451 g/mol. The number of nitrogens with zero attached hydrogens (tertiary/aromatic N) is 5. The van der Waals surface area contributed by atoms with Crippen LogP contribution >= 0.6 is 0 Å². The zero-order valence-corrected chi connectivity index (χ0v) is 18.0. The van der Waals surface area contributed by atoms with Crippen LogP contribution in [0.5, 0.6) is 5.75 Å².